The zero-order valence-corrected chi connectivity index (χ0v) is 5.51. The summed E-state index contributed by atoms with van der Waals surface area (Å²) >= 11 is 0. The maximum absolute atomic E-state index is 9.23. The molecule has 0 aliphatic carbocycles. The van der Waals surface area contributed by atoms with Crippen molar-refractivity contribution in [2.45, 2.75) is 12.5 Å². The van der Waals surface area contributed by atoms with Crippen molar-refractivity contribution < 1.29 is 5.11 Å². The van der Waals surface area contributed by atoms with E-state index in [1.54, 1.807) is 0 Å². The van der Waals surface area contributed by atoms with Gasteiger partial charge in [0.25, 0.3) is 0 Å². The molecule has 1 aliphatic heterocycles. The van der Waals surface area contributed by atoms with Gasteiger partial charge < -0.3 is 16.2 Å². The lowest BCUT2D eigenvalue weighted by atomic mass is 9.96. The summed E-state index contributed by atoms with van der Waals surface area (Å²) in [7, 11) is 0. The number of piperidine rings is 1. The third kappa shape index (κ3) is 1.64. The number of hydrogen-bond acceptors (Lipinski definition) is 3. The van der Waals surface area contributed by atoms with Crippen molar-refractivity contribution in [3.63, 3.8) is 0 Å². The maximum atomic E-state index is 9.23. The standard InChI is InChI=1S/C6H14N2O/c7-3-5-1-2-8-4-6(5)9/h5-6,8-9H,1-4,7H2/t5-,6+/m0/s1. The Morgan fingerprint density at radius 1 is 1.67 bits per heavy atom. The molecule has 1 fully saturated rings. The fourth-order valence-corrected chi connectivity index (χ4v) is 1.17. The van der Waals surface area contributed by atoms with E-state index in [4.69, 9.17) is 5.73 Å². The van der Waals surface area contributed by atoms with E-state index in [-0.39, 0.29) is 6.10 Å². The molecule has 0 unspecified atom stereocenters. The summed E-state index contributed by atoms with van der Waals surface area (Å²) in [6.45, 7) is 2.32. The number of rotatable bonds is 1. The zero-order chi connectivity index (χ0) is 6.69. The molecule has 0 bridgehead atoms. The molecule has 2 atom stereocenters. The van der Waals surface area contributed by atoms with Gasteiger partial charge in [0.2, 0.25) is 0 Å². The first-order valence-corrected chi connectivity index (χ1v) is 3.43. The third-order valence-corrected chi connectivity index (χ3v) is 1.89. The summed E-state index contributed by atoms with van der Waals surface area (Å²) in [6, 6.07) is 0. The Balaban J connectivity index is 2.30. The lowest BCUT2D eigenvalue weighted by molar-refractivity contribution is 0.0863. The Kier molecular flexibility index (Phi) is 2.45. The first-order valence-electron chi connectivity index (χ1n) is 3.43. The van der Waals surface area contributed by atoms with E-state index in [0.29, 0.717) is 19.0 Å². The summed E-state index contributed by atoms with van der Waals surface area (Å²) in [5, 5.41) is 12.3. The van der Waals surface area contributed by atoms with Gasteiger partial charge in [-0.25, -0.2) is 0 Å². The zero-order valence-electron chi connectivity index (χ0n) is 5.51. The molecule has 9 heavy (non-hydrogen) atoms. The van der Waals surface area contributed by atoms with Crippen LogP contribution in [-0.2, 0) is 0 Å². The quantitative estimate of drug-likeness (QED) is 0.423. The van der Waals surface area contributed by atoms with Crippen LogP contribution in [0.5, 0.6) is 0 Å². The average Bonchev–Trinajstić information content (AvgIpc) is 1.89. The molecule has 0 radical (unpaired) electrons. The summed E-state index contributed by atoms with van der Waals surface area (Å²) in [6.07, 6.45) is 0.793. The monoisotopic (exact) mass is 130 g/mol. The summed E-state index contributed by atoms with van der Waals surface area (Å²) in [5.41, 5.74) is 5.41. The van der Waals surface area contributed by atoms with Crippen molar-refractivity contribution in [3.8, 4) is 0 Å². The molecule has 1 heterocycles. The predicted octanol–water partition coefficient (Wildman–Crippen LogP) is -1.08. The normalized spacial score (nSPS) is 36.7. The number of β-amino-alcohol motifs (C(OH)–C–C–N with tert-alkyl or cyclic N) is 1. The number of aliphatic hydroxyl groups excluding tert-OH is 1. The molecule has 1 aliphatic rings. The summed E-state index contributed by atoms with van der Waals surface area (Å²) in [4.78, 5) is 0. The van der Waals surface area contributed by atoms with Crippen molar-refractivity contribution in [3.05, 3.63) is 0 Å². The number of nitrogens with one attached hydrogen (secondary N) is 1. The number of aliphatic hydroxyl groups is 1. The first kappa shape index (κ1) is 6.99. The van der Waals surface area contributed by atoms with Gasteiger partial charge in [-0.05, 0) is 25.4 Å². The molecule has 3 heteroatoms. The van der Waals surface area contributed by atoms with E-state index in [9.17, 15) is 5.11 Å². The minimum absolute atomic E-state index is 0.219. The molecule has 0 aromatic heterocycles. The lowest BCUT2D eigenvalue weighted by Crippen LogP contribution is -2.43. The molecule has 0 saturated carbocycles. The molecule has 0 aromatic rings. The van der Waals surface area contributed by atoms with Crippen molar-refractivity contribution in [2.75, 3.05) is 19.6 Å². The third-order valence-electron chi connectivity index (χ3n) is 1.89. The van der Waals surface area contributed by atoms with Crippen LogP contribution in [0.4, 0.5) is 0 Å². The molecule has 54 valence electrons. The van der Waals surface area contributed by atoms with Crippen LogP contribution < -0.4 is 11.1 Å². The molecule has 1 rings (SSSR count). The Bertz CT molecular complexity index is 87.1. The van der Waals surface area contributed by atoms with Crippen LogP contribution in [0.15, 0.2) is 0 Å². The molecular formula is C6H14N2O. The van der Waals surface area contributed by atoms with Gasteiger partial charge in [0, 0.05) is 6.54 Å². The van der Waals surface area contributed by atoms with Crippen LogP contribution in [0.3, 0.4) is 0 Å². The molecule has 3 nitrogen and oxygen atoms in total. The van der Waals surface area contributed by atoms with Crippen LogP contribution in [0.2, 0.25) is 0 Å². The fraction of sp³-hybridized carbons (Fsp3) is 1.00. The van der Waals surface area contributed by atoms with E-state index in [1.165, 1.54) is 0 Å². The molecule has 0 spiro atoms. The molecular weight excluding hydrogens is 116 g/mol. The van der Waals surface area contributed by atoms with Crippen LogP contribution in [0.25, 0.3) is 0 Å². The topological polar surface area (TPSA) is 58.3 Å². The summed E-state index contributed by atoms with van der Waals surface area (Å²) in [5.74, 6) is 0.325. The Morgan fingerprint density at radius 2 is 2.44 bits per heavy atom. The SMILES string of the molecule is NC[C@@H]1CCNC[C@H]1O. The van der Waals surface area contributed by atoms with Crippen LogP contribution >= 0.6 is 0 Å². The van der Waals surface area contributed by atoms with Crippen molar-refractivity contribution in [1.82, 2.24) is 5.32 Å². The van der Waals surface area contributed by atoms with Gasteiger partial charge >= 0.3 is 0 Å². The van der Waals surface area contributed by atoms with Crippen molar-refractivity contribution in [2.24, 2.45) is 11.7 Å². The van der Waals surface area contributed by atoms with Gasteiger partial charge in [-0.2, -0.15) is 0 Å². The molecule has 4 N–H and O–H groups in total. The van der Waals surface area contributed by atoms with Gasteiger partial charge in [-0.1, -0.05) is 0 Å². The van der Waals surface area contributed by atoms with Gasteiger partial charge in [-0.15, -0.1) is 0 Å². The van der Waals surface area contributed by atoms with Gasteiger partial charge in [0.15, 0.2) is 0 Å². The van der Waals surface area contributed by atoms with Crippen molar-refractivity contribution >= 4 is 0 Å². The molecule has 1 saturated heterocycles. The Labute approximate surface area is 55.2 Å². The highest BCUT2D eigenvalue weighted by Gasteiger charge is 2.20. The number of hydrogen-bond donors (Lipinski definition) is 3. The molecule has 0 amide bonds. The van der Waals surface area contributed by atoms with E-state index in [1.807, 2.05) is 0 Å². The highest BCUT2D eigenvalue weighted by atomic mass is 16.3. The molecule has 0 aromatic carbocycles. The average molecular weight is 130 g/mol. The van der Waals surface area contributed by atoms with E-state index in [0.717, 1.165) is 13.0 Å². The minimum atomic E-state index is -0.219. The highest BCUT2D eigenvalue weighted by molar-refractivity contribution is 4.77. The van der Waals surface area contributed by atoms with Crippen LogP contribution in [0.1, 0.15) is 6.42 Å². The predicted molar refractivity (Wildman–Crippen MR) is 36.0 cm³/mol. The smallest absolute Gasteiger partial charge is 0.0705 e. The Hall–Kier alpha value is -0.120. The fourth-order valence-electron chi connectivity index (χ4n) is 1.17. The van der Waals surface area contributed by atoms with Gasteiger partial charge in [-0.3, -0.25) is 0 Å². The second-order valence-corrected chi connectivity index (χ2v) is 2.56. The summed E-state index contributed by atoms with van der Waals surface area (Å²) < 4.78 is 0. The van der Waals surface area contributed by atoms with Crippen LogP contribution in [0, 0.1) is 5.92 Å². The second kappa shape index (κ2) is 3.15. The second-order valence-electron chi connectivity index (χ2n) is 2.56. The maximum Gasteiger partial charge on any atom is 0.0705 e. The highest BCUT2D eigenvalue weighted by Crippen LogP contribution is 2.09. The largest absolute Gasteiger partial charge is 0.391 e. The van der Waals surface area contributed by atoms with Crippen molar-refractivity contribution in [1.29, 1.82) is 0 Å². The number of nitrogens with two attached hydrogens (primary N) is 1. The minimum Gasteiger partial charge on any atom is -0.391 e. The van der Waals surface area contributed by atoms with Gasteiger partial charge in [0.1, 0.15) is 0 Å². The van der Waals surface area contributed by atoms with E-state index >= 15 is 0 Å². The van der Waals surface area contributed by atoms with Gasteiger partial charge in [0.05, 0.1) is 6.10 Å². The Morgan fingerprint density at radius 3 is 2.89 bits per heavy atom. The van der Waals surface area contributed by atoms with Crippen LogP contribution in [-0.4, -0.2) is 30.8 Å². The van der Waals surface area contributed by atoms with E-state index in [2.05, 4.69) is 5.32 Å². The van der Waals surface area contributed by atoms with E-state index < -0.39 is 0 Å². The lowest BCUT2D eigenvalue weighted by Gasteiger charge is -2.26. The first-order chi connectivity index (χ1) is 4.34.